The number of nitrogens with one attached hydrogen (secondary N) is 1. The van der Waals surface area contributed by atoms with Crippen LogP contribution in [0.3, 0.4) is 0 Å². The maximum Gasteiger partial charge on any atom is 0.199 e. The predicted octanol–water partition coefficient (Wildman–Crippen LogP) is 3.63. The summed E-state index contributed by atoms with van der Waals surface area (Å²) >= 11 is 6.84. The van der Waals surface area contributed by atoms with Crippen LogP contribution >= 0.6 is 24.0 Å². The normalized spacial score (nSPS) is 18.0. The molecule has 0 unspecified atom stereocenters. The Bertz CT molecular complexity index is 788. The van der Waals surface area contributed by atoms with Crippen LogP contribution in [0.15, 0.2) is 65.2 Å². The van der Waals surface area contributed by atoms with E-state index in [1.807, 2.05) is 24.3 Å². The van der Waals surface area contributed by atoms with Crippen LogP contribution in [0.4, 0.5) is 11.4 Å². The van der Waals surface area contributed by atoms with Crippen molar-refractivity contribution < 1.29 is 0 Å². The van der Waals surface area contributed by atoms with Gasteiger partial charge in [-0.3, -0.25) is 0 Å². The summed E-state index contributed by atoms with van der Waals surface area (Å²) in [6, 6.07) is 8.32. The van der Waals surface area contributed by atoms with Gasteiger partial charge in [0.05, 0.1) is 0 Å². The van der Waals surface area contributed by atoms with Crippen molar-refractivity contribution in [2.24, 2.45) is 10.7 Å². The molecule has 1 aromatic rings. The quantitative estimate of drug-likeness (QED) is 0.447. The monoisotopic (exact) mass is 413 g/mol. The molecule has 1 saturated heterocycles. The van der Waals surface area contributed by atoms with Crippen LogP contribution in [-0.4, -0.2) is 54.2 Å². The van der Waals surface area contributed by atoms with Gasteiger partial charge in [-0.25, -0.2) is 0 Å². The van der Waals surface area contributed by atoms with Gasteiger partial charge in [0, 0.05) is 43.3 Å². The molecule has 5 nitrogen and oxygen atoms in total. The summed E-state index contributed by atoms with van der Waals surface area (Å²) < 4.78 is 0. The number of hydrogen-bond donors (Lipinski definition) is 2. The molecule has 0 aromatic heterocycles. The molecule has 0 radical (unpaired) electrons. The van der Waals surface area contributed by atoms with Gasteiger partial charge in [-0.2, -0.15) is 4.99 Å². The number of thioether (sulfide) groups is 1. The smallest absolute Gasteiger partial charge is 0.199 e. The highest BCUT2D eigenvalue weighted by Gasteiger charge is 2.14. The van der Waals surface area contributed by atoms with Crippen LogP contribution in [0.5, 0.6) is 0 Å². The molecule has 1 aromatic carbocycles. The molecule has 28 heavy (non-hydrogen) atoms. The fourth-order valence-corrected chi connectivity index (χ4v) is 3.98. The van der Waals surface area contributed by atoms with Gasteiger partial charge in [-0.1, -0.05) is 47.7 Å². The lowest BCUT2D eigenvalue weighted by Gasteiger charge is -2.34. The standard InChI is InChI=1S/C21H27N5S2/c1-25-12-14-26(15-13-25)19-10-8-18(9-11-19)23-21(27)24-20(22)28-16-17-6-4-2-3-5-7-17/h2-6,8-11H,7,12-16H2,1H3,(H3,22,23,24,27). The summed E-state index contributed by atoms with van der Waals surface area (Å²) in [5.74, 6) is 0.812. The van der Waals surface area contributed by atoms with Crippen molar-refractivity contribution in [3.8, 4) is 0 Å². The van der Waals surface area contributed by atoms with Gasteiger partial charge in [0.2, 0.25) is 0 Å². The summed E-state index contributed by atoms with van der Waals surface area (Å²) in [4.78, 5) is 9.06. The lowest BCUT2D eigenvalue weighted by molar-refractivity contribution is 0.313. The molecule has 3 rings (SSSR count). The number of benzene rings is 1. The van der Waals surface area contributed by atoms with E-state index < -0.39 is 0 Å². The second kappa shape index (κ2) is 10.5. The maximum atomic E-state index is 6.03. The van der Waals surface area contributed by atoms with Crippen LogP contribution in [0.25, 0.3) is 0 Å². The number of aliphatic imine (C=N–C) groups is 1. The first-order valence-electron chi connectivity index (χ1n) is 9.43. The highest BCUT2D eigenvalue weighted by molar-refractivity contribution is 8.14. The third kappa shape index (κ3) is 6.51. The molecule has 1 aliphatic heterocycles. The molecule has 1 fully saturated rings. The molecule has 0 saturated carbocycles. The summed E-state index contributed by atoms with van der Waals surface area (Å²) in [5, 5.41) is 4.00. The van der Waals surface area contributed by atoms with E-state index in [1.54, 1.807) is 0 Å². The molecule has 0 atom stereocenters. The van der Waals surface area contributed by atoms with Gasteiger partial charge in [-0.05, 0) is 50.0 Å². The van der Waals surface area contributed by atoms with Gasteiger partial charge in [0.15, 0.2) is 10.3 Å². The topological polar surface area (TPSA) is 56.9 Å². The summed E-state index contributed by atoms with van der Waals surface area (Å²) in [6.45, 7) is 4.31. The van der Waals surface area contributed by atoms with Gasteiger partial charge >= 0.3 is 0 Å². The molecule has 1 heterocycles. The number of amidine groups is 1. The number of thiocarbonyl (C=S) groups is 1. The van der Waals surface area contributed by atoms with E-state index in [4.69, 9.17) is 18.0 Å². The molecular weight excluding hydrogens is 386 g/mol. The van der Waals surface area contributed by atoms with E-state index in [-0.39, 0.29) is 0 Å². The molecule has 3 N–H and O–H groups in total. The van der Waals surface area contributed by atoms with E-state index in [0.29, 0.717) is 10.3 Å². The molecule has 0 amide bonds. The molecule has 7 heteroatoms. The Kier molecular flexibility index (Phi) is 7.71. The van der Waals surface area contributed by atoms with Crippen molar-refractivity contribution in [2.75, 3.05) is 49.2 Å². The van der Waals surface area contributed by atoms with E-state index in [1.165, 1.54) is 23.0 Å². The van der Waals surface area contributed by atoms with Crippen molar-refractivity contribution in [3.63, 3.8) is 0 Å². The zero-order chi connectivity index (χ0) is 19.8. The molecule has 2 aliphatic rings. The average Bonchev–Trinajstić information content (AvgIpc) is 2.96. The summed E-state index contributed by atoms with van der Waals surface area (Å²) in [6.07, 6.45) is 11.3. The van der Waals surface area contributed by atoms with Crippen LogP contribution in [0.2, 0.25) is 0 Å². The molecule has 1 aliphatic carbocycles. The zero-order valence-corrected chi connectivity index (χ0v) is 17.8. The number of nitrogens with two attached hydrogens (primary N) is 1. The second-order valence-corrected chi connectivity index (χ2v) is 8.23. The number of hydrogen-bond acceptors (Lipinski definition) is 4. The van der Waals surface area contributed by atoms with Crippen molar-refractivity contribution in [1.29, 1.82) is 0 Å². The Morgan fingerprint density at radius 1 is 1.14 bits per heavy atom. The first-order valence-corrected chi connectivity index (χ1v) is 10.8. The Balaban J connectivity index is 1.48. The highest BCUT2D eigenvalue weighted by atomic mass is 32.2. The van der Waals surface area contributed by atoms with Gasteiger partial charge in [0.1, 0.15) is 0 Å². The van der Waals surface area contributed by atoms with Crippen LogP contribution < -0.4 is 16.0 Å². The van der Waals surface area contributed by atoms with E-state index in [2.05, 4.69) is 57.5 Å². The third-order valence-electron chi connectivity index (χ3n) is 4.67. The van der Waals surface area contributed by atoms with E-state index >= 15 is 0 Å². The molecule has 0 bridgehead atoms. The van der Waals surface area contributed by atoms with Crippen molar-refractivity contribution in [3.05, 3.63) is 60.2 Å². The minimum Gasteiger partial charge on any atom is -0.378 e. The van der Waals surface area contributed by atoms with Crippen molar-refractivity contribution >= 4 is 45.6 Å². The van der Waals surface area contributed by atoms with Crippen molar-refractivity contribution in [2.45, 2.75) is 6.42 Å². The lowest BCUT2D eigenvalue weighted by Crippen LogP contribution is -2.44. The number of allylic oxidation sites excluding steroid dienone is 5. The zero-order valence-electron chi connectivity index (χ0n) is 16.2. The molecule has 148 valence electrons. The van der Waals surface area contributed by atoms with Crippen LogP contribution in [0.1, 0.15) is 6.42 Å². The Labute approximate surface area is 177 Å². The SMILES string of the molecule is CN1CCN(c2ccc(NC(=S)N=C(N)SCC3=CC=CC=CC3)cc2)CC1. The largest absolute Gasteiger partial charge is 0.378 e. The fourth-order valence-electron chi connectivity index (χ4n) is 3.00. The minimum atomic E-state index is 0.381. The third-order valence-corrected chi connectivity index (χ3v) is 5.77. The number of nitrogens with zero attached hydrogens (tertiary/aromatic N) is 3. The minimum absolute atomic E-state index is 0.381. The first kappa shape index (κ1) is 20.6. The maximum absolute atomic E-state index is 6.03. The number of piperazine rings is 1. The summed E-state index contributed by atoms with van der Waals surface area (Å²) in [7, 11) is 2.16. The van der Waals surface area contributed by atoms with E-state index in [0.717, 1.165) is 44.0 Å². The lowest BCUT2D eigenvalue weighted by atomic mass is 10.2. The summed E-state index contributed by atoms with van der Waals surface area (Å²) in [5.41, 5.74) is 9.50. The first-order chi connectivity index (χ1) is 13.6. The van der Waals surface area contributed by atoms with Crippen molar-refractivity contribution in [1.82, 2.24) is 4.90 Å². The average molecular weight is 414 g/mol. The van der Waals surface area contributed by atoms with Gasteiger partial charge < -0.3 is 20.9 Å². The van der Waals surface area contributed by atoms with Crippen LogP contribution in [0, 0.1) is 0 Å². The number of rotatable bonds is 4. The Hall–Kier alpha value is -2.09. The van der Waals surface area contributed by atoms with Gasteiger partial charge in [0.25, 0.3) is 0 Å². The fraction of sp³-hybridized carbons (Fsp3) is 0.333. The molecule has 0 spiro atoms. The highest BCUT2D eigenvalue weighted by Crippen LogP contribution is 2.20. The predicted molar refractivity (Wildman–Crippen MR) is 127 cm³/mol. The number of anilines is 2. The second-order valence-electron chi connectivity index (χ2n) is 6.85. The Morgan fingerprint density at radius 2 is 1.89 bits per heavy atom. The number of likely N-dealkylation sites (N-methyl/N-ethyl adjacent to an activating group) is 1. The van der Waals surface area contributed by atoms with E-state index in [9.17, 15) is 0 Å². The molecular formula is C21H27N5S2. The van der Waals surface area contributed by atoms with Crippen LogP contribution in [-0.2, 0) is 0 Å². The van der Waals surface area contributed by atoms with Gasteiger partial charge in [-0.15, -0.1) is 0 Å². The Morgan fingerprint density at radius 3 is 2.64 bits per heavy atom.